The Morgan fingerprint density at radius 3 is 2.83 bits per heavy atom. The third kappa shape index (κ3) is 2.17. The first-order valence-corrected chi connectivity index (χ1v) is 4.17. The summed E-state index contributed by atoms with van der Waals surface area (Å²) in [5.41, 5.74) is -0.635. The summed E-state index contributed by atoms with van der Waals surface area (Å²) >= 11 is 0. The van der Waals surface area contributed by atoms with E-state index in [-0.39, 0.29) is 6.42 Å². The molecule has 0 radical (unpaired) electrons. The Labute approximate surface area is 71.0 Å². The average Bonchev–Trinajstić information content (AvgIpc) is 2.05. The predicted molar refractivity (Wildman–Crippen MR) is 42.8 cm³/mol. The van der Waals surface area contributed by atoms with Crippen molar-refractivity contribution in [2.75, 3.05) is 19.8 Å². The van der Waals surface area contributed by atoms with Gasteiger partial charge in [0.15, 0.2) is 0 Å². The molecule has 70 valence electrons. The van der Waals surface area contributed by atoms with Gasteiger partial charge < -0.3 is 10.4 Å². The van der Waals surface area contributed by atoms with E-state index in [1.807, 2.05) is 0 Å². The number of piperidine rings is 1. The number of hydrogen-bond acceptors (Lipinski definition) is 2. The number of carboxylic acids is 1. The smallest absolute Gasteiger partial charge is 0.304 e. The third-order valence-electron chi connectivity index (χ3n) is 2.37. The van der Waals surface area contributed by atoms with Crippen LogP contribution in [0, 0.1) is 5.41 Å². The van der Waals surface area contributed by atoms with Crippen LogP contribution in [0.25, 0.3) is 0 Å². The summed E-state index contributed by atoms with van der Waals surface area (Å²) in [4.78, 5) is 10.4. The molecule has 1 atom stereocenters. The van der Waals surface area contributed by atoms with Gasteiger partial charge in [-0.2, -0.15) is 0 Å². The first-order valence-electron chi connectivity index (χ1n) is 4.17. The molecular weight excluding hydrogens is 161 g/mol. The molecule has 0 bridgehead atoms. The first-order chi connectivity index (χ1) is 5.68. The molecule has 0 aromatic carbocycles. The molecule has 4 heteroatoms. The normalized spacial score (nSPS) is 30.1. The molecule has 0 spiro atoms. The summed E-state index contributed by atoms with van der Waals surface area (Å²) in [5.74, 6) is -0.906. The molecule has 0 aromatic heterocycles. The number of rotatable bonds is 3. The van der Waals surface area contributed by atoms with Crippen molar-refractivity contribution in [1.82, 2.24) is 5.32 Å². The summed E-state index contributed by atoms with van der Waals surface area (Å²) < 4.78 is 12.6. The van der Waals surface area contributed by atoms with Gasteiger partial charge in [-0.25, -0.2) is 0 Å². The maximum atomic E-state index is 12.6. The van der Waals surface area contributed by atoms with Crippen LogP contribution < -0.4 is 5.32 Å². The van der Waals surface area contributed by atoms with E-state index in [1.54, 1.807) is 0 Å². The van der Waals surface area contributed by atoms with Gasteiger partial charge in [0, 0.05) is 12.0 Å². The van der Waals surface area contributed by atoms with Gasteiger partial charge >= 0.3 is 5.97 Å². The molecule has 1 unspecified atom stereocenters. The van der Waals surface area contributed by atoms with Gasteiger partial charge in [-0.3, -0.25) is 9.18 Å². The van der Waals surface area contributed by atoms with E-state index in [9.17, 15) is 9.18 Å². The molecule has 3 nitrogen and oxygen atoms in total. The van der Waals surface area contributed by atoms with Gasteiger partial charge in [-0.1, -0.05) is 0 Å². The lowest BCUT2D eigenvalue weighted by Crippen LogP contribution is -2.42. The maximum absolute atomic E-state index is 12.6. The minimum Gasteiger partial charge on any atom is -0.481 e. The number of alkyl halides is 1. The highest BCUT2D eigenvalue weighted by Gasteiger charge is 2.34. The molecule has 1 fully saturated rings. The zero-order valence-corrected chi connectivity index (χ0v) is 6.98. The summed E-state index contributed by atoms with van der Waals surface area (Å²) in [6.45, 7) is 0.837. The van der Waals surface area contributed by atoms with Crippen molar-refractivity contribution in [2.24, 2.45) is 5.41 Å². The van der Waals surface area contributed by atoms with Crippen molar-refractivity contribution < 1.29 is 14.3 Å². The molecule has 1 aliphatic heterocycles. The zero-order chi connectivity index (χ0) is 9.03. The van der Waals surface area contributed by atoms with Crippen LogP contribution in [0.4, 0.5) is 4.39 Å². The van der Waals surface area contributed by atoms with Crippen molar-refractivity contribution in [3.05, 3.63) is 0 Å². The van der Waals surface area contributed by atoms with Gasteiger partial charge in [-0.05, 0) is 19.4 Å². The first kappa shape index (κ1) is 9.45. The van der Waals surface area contributed by atoms with Crippen molar-refractivity contribution in [3.8, 4) is 0 Å². The van der Waals surface area contributed by atoms with E-state index >= 15 is 0 Å². The molecule has 12 heavy (non-hydrogen) atoms. The lowest BCUT2D eigenvalue weighted by Gasteiger charge is -2.33. The number of carbonyl (C=O) groups is 1. The van der Waals surface area contributed by atoms with Crippen LogP contribution in [-0.4, -0.2) is 30.8 Å². The van der Waals surface area contributed by atoms with E-state index in [0.29, 0.717) is 13.0 Å². The molecule has 0 saturated carbocycles. The Kier molecular flexibility index (Phi) is 3.03. The largest absolute Gasteiger partial charge is 0.481 e. The second kappa shape index (κ2) is 3.85. The Hall–Kier alpha value is -0.640. The number of carboxylic acid groups (broad SMARTS) is 1. The second-order valence-electron chi connectivity index (χ2n) is 3.48. The van der Waals surface area contributed by atoms with Crippen molar-refractivity contribution >= 4 is 5.97 Å². The lowest BCUT2D eigenvalue weighted by molar-refractivity contribution is -0.140. The summed E-state index contributed by atoms with van der Waals surface area (Å²) in [5, 5.41) is 11.6. The molecule has 0 aliphatic carbocycles. The zero-order valence-electron chi connectivity index (χ0n) is 6.98. The minimum absolute atomic E-state index is 0.0590. The highest BCUT2D eigenvalue weighted by molar-refractivity contribution is 5.67. The number of halogens is 1. The molecule has 1 aliphatic rings. The predicted octanol–water partition coefficient (Wildman–Crippen LogP) is 0.800. The number of nitrogens with one attached hydrogen (secondary N) is 1. The molecule has 1 saturated heterocycles. The molecule has 1 rings (SSSR count). The van der Waals surface area contributed by atoms with Crippen LogP contribution in [0.3, 0.4) is 0 Å². The third-order valence-corrected chi connectivity index (χ3v) is 2.37. The van der Waals surface area contributed by atoms with Gasteiger partial charge in [0.05, 0.1) is 13.1 Å². The van der Waals surface area contributed by atoms with Gasteiger partial charge in [-0.15, -0.1) is 0 Å². The van der Waals surface area contributed by atoms with Gasteiger partial charge in [0.2, 0.25) is 0 Å². The lowest BCUT2D eigenvalue weighted by atomic mass is 9.79. The van der Waals surface area contributed by atoms with Crippen LogP contribution in [0.5, 0.6) is 0 Å². The van der Waals surface area contributed by atoms with E-state index < -0.39 is 18.1 Å². The van der Waals surface area contributed by atoms with Crippen LogP contribution in [0.15, 0.2) is 0 Å². The topological polar surface area (TPSA) is 49.3 Å². The van der Waals surface area contributed by atoms with Crippen LogP contribution in [0.1, 0.15) is 19.3 Å². The molecule has 0 amide bonds. The van der Waals surface area contributed by atoms with E-state index in [4.69, 9.17) is 5.11 Å². The fourth-order valence-corrected chi connectivity index (χ4v) is 1.66. The summed E-state index contributed by atoms with van der Waals surface area (Å²) in [6, 6.07) is 0. The number of aliphatic carboxylic acids is 1. The Morgan fingerprint density at radius 1 is 1.67 bits per heavy atom. The van der Waals surface area contributed by atoms with Crippen LogP contribution in [0.2, 0.25) is 0 Å². The maximum Gasteiger partial charge on any atom is 0.304 e. The fraction of sp³-hybridized carbons (Fsp3) is 0.875. The monoisotopic (exact) mass is 175 g/mol. The molecule has 1 heterocycles. The minimum atomic E-state index is -0.906. The summed E-state index contributed by atoms with van der Waals surface area (Å²) in [7, 11) is 0. The highest BCUT2D eigenvalue weighted by Crippen LogP contribution is 2.30. The fourth-order valence-electron chi connectivity index (χ4n) is 1.66. The van der Waals surface area contributed by atoms with Crippen molar-refractivity contribution in [1.29, 1.82) is 0 Å². The van der Waals surface area contributed by atoms with Crippen molar-refractivity contribution in [2.45, 2.75) is 19.3 Å². The van der Waals surface area contributed by atoms with E-state index in [0.717, 1.165) is 13.0 Å². The highest BCUT2D eigenvalue weighted by atomic mass is 19.1. The summed E-state index contributed by atoms with van der Waals surface area (Å²) in [6.07, 6.45) is 1.50. The Morgan fingerprint density at radius 2 is 2.42 bits per heavy atom. The SMILES string of the molecule is O=C(O)CC1(CF)CCCNC1. The van der Waals surface area contributed by atoms with Crippen LogP contribution in [-0.2, 0) is 4.79 Å². The second-order valence-corrected chi connectivity index (χ2v) is 3.48. The van der Waals surface area contributed by atoms with E-state index in [2.05, 4.69) is 5.32 Å². The number of hydrogen-bond donors (Lipinski definition) is 2. The Bertz CT molecular complexity index is 166. The standard InChI is InChI=1S/C8H14FNO2/c9-5-8(4-7(11)12)2-1-3-10-6-8/h10H,1-6H2,(H,11,12). The Balaban J connectivity index is 2.53. The van der Waals surface area contributed by atoms with Crippen molar-refractivity contribution in [3.63, 3.8) is 0 Å². The average molecular weight is 175 g/mol. The molecule has 0 aromatic rings. The van der Waals surface area contributed by atoms with Gasteiger partial charge in [0.25, 0.3) is 0 Å². The van der Waals surface area contributed by atoms with Gasteiger partial charge in [0.1, 0.15) is 0 Å². The van der Waals surface area contributed by atoms with Crippen LogP contribution >= 0.6 is 0 Å². The van der Waals surface area contributed by atoms with E-state index in [1.165, 1.54) is 0 Å². The molecular formula is C8H14FNO2. The molecule has 2 N–H and O–H groups in total. The quantitative estimate of drug-likeness (QED) is 0.667.